The quantitative estimate of drug-likeness (QED) is 0.447. The Bertz CT molecular complexity index is 1140. The second-order valence-electron chi connectivity index (χ2n) is 7.86. The maximum Gasteiger partial charge on any atom is 0.419 e. The van der Waals surface area contributed by atoms with Crippen LogP contribution in [0.5, 0.6) is 0 Å². The fourth-order valence-corrected chi connectivity index (χ4v) is 3.22. The molecule has 3 rings (SSSR count). The van der Waals surface area contributed by atoms with Crippen LogP contribution in [0.3, 0.4) is 0 Å². The van der Waals surface area contributed by atoms with E-state index in [1.165, 1.54) is 10.0 Å². The van der Waals surface area contributed by atoms with E-state index in [9.17, 15) is 14.4 Å². The van der Waals surface area contributed by atoms with Gasteiger partial charge >= 0.3 is 6.09 Å². The van der Waals surface area contributed by atoms with Gasteiger partial charge in [-0.15, -0.1) is 0 Å². The van der Waals surface area contributed by atoms with E-state index in [0.29, 0.717) is 22.1 Å². The van der Waals surface area contributed by atoms with Crippen LogP contribution >= 0.6 is 0 Å². The van der Waals surface area contributed by atoms with Crippen LogP contribution in [-0.4, -0.2) is 44.8 Å². The number of para-hydroxylation sites is 1. The van der Waals surface area contributed by atoms with E-state index >= 15 is 0 Å². The highest BCUT2D eigenvalue weighted by Crippen LogP contribution is 2.31. The van der Waals surface area contributed by atoms with Gasteiger partial charge in [-0.2, -0.15) is 0 Å². The minimum Gasteiger partial charge on any atom is -0.443 e. The van der Waals surface area contributed by atoms with E-state index in [-0.39, 0.29) is 18.7 Å². The van der Waals surface area contributed by atoms with Crippen LogP contribution in [-0.2, 0) is 9.53 Å². The molecule has 3 N–H and O–H groups in total. The predicted molar refractivity (Wildman–Crippen MR) is 110 cm³/mol. The molecule has 0 radical (unpaired) electrons. The Hall–Kier alpha value is -3.46. The molecule has 0 atom stereocenters. The molecule has 1 aromatic carbocycles. The average Bonchev–Trinajstić information content (AvgIpc) is 3.01. The minimum absolute atomic E-state index is 0.0453. The largest absolute Gasteiger partial charge is 0.443 e. The molecule has 9 nitrogen and oxygen atoms in total. The van der Waals surface area contributed by atoms with Gasteiger partial charge in [0.25, 0.3) is 5.91 Å². The summed E-state index contributed by atoms with van der Waals surface area (Å²) in [5.41, 5.74) is 2.72. The van der Waals surface area contributed by atoms with Crippen molar-refractivity contribution in [1.82, 2.24) is 20.3 Å². The van der Waals surface area contributed by atoms with Gasteiger partial charge in [0.1, 0.15) is 11.3 Å². The molecule has 2 amide bonds. The number of hydrogen-bond acceptors (Lipinski definition) is 6. The summed E-state index contributed by atoms with van der Waals surface area (Å²) in [5, 5.41) is 12.6. The fourth-order valence-electron chi connectivity index (χ4n) is 3.22. The monoisotopic (exact) mass is 412 g/mol. The van der Waals surface area contributed by atoms with Crippen LogP contribution in [0.4, 0.5) is 4.79 Å². The Morgan fingerprint density at radius 2 is 1.87 bits per heavy atom. The summed E-state index contributed by atoms with van der Waals surface area (Å²) in [6.45, 7) is 7.15. The van der Waals surface area contributed by atoms with Crippen molar-refractivity contribution in [3.05, 3.63) is 41.7 Å². The van der Waals surface area contributed by atoms with Crippen LogP contribution in [0, 0.1) is 6.92 Å². The maximum atomic E-state index is 12.9. The van der Waals surface area contributed by atoms with Crippen molar-refractivity contribution in [2.24, 2.45) is 0 Å². The summed E-state index contributed by atoms with van der Waals surface area (Å²) in [4.78, 5) is 40.9. The van der Waals surface area contributed by atoms with Crippen molar-refractivity contribution in [2.45, 2.75) is 39.7 Å². The second kappa shape index (κ2) is 8.11. The van der Waals surface area contributed by atoms with Crippen molar-refractivity contribution >= 4 is 39.7 Å². The SMILES string of the molecule is Cc1nc(C(=O)NCCC(=O)NO)cc2c3ccccc3n(C(=O)OC(C)(C)C)c12. The Morgan fingerprint density at radius 1 is 1.17 bits per heavy atom. The predicted octanol–water partition coefficient (Wildman–Crippen LogP) is 2.91. The van der Waals surface area contributed by atoms with Gasteiger partial charge in [-0.3, -0.25) is 14.8 Å². The second-order valence-corrected chi connectivity index (χ2v) is 7.86. The van der Waals surface area contributed by atoms with Gasteiger partial charge in [0.2, 0.25) is 5.91 Å². The van der Waals surface area contributed by atoms with Gasteiger partial charge < -0.3 is 10.1 Å². The fraction of sp³-hybridized carbons (Fsp3) is 0.333. The molecule has 0 unspecified atom stereocenters. The molecule has 30 heavy (non-hydrogen) atoms. The van der Waals surface area contributed by atoms with Crippen LogP contribution in [0.1, 0.15) is 43.4 Å². The number of carbonyl (C=O) groups excluding carboxylic acids is 3. The van der Waals surface area contributed by atoms with Crippen LogP contribution < -0.4 is 10.8 Å². The highest BCUT2D eigenvalue weighted by atomic mass is 16.6. The number of ether oxygens (including phenoxy) is 1. The van der Waals surface area contributed by atoms with Crippen molar-refractivity contribution < 1.29 is 24.3 Å². The first-order valence-corrected chi connectivity index (χ1v) is 9.47. The standard InChI is InChI=1S/C21H24N4O5/c1-12-18-14(11-15(23-12)19(27)22-10-9-17(26)24-29)13-7-5-6-8-16(13)25(18)20(28)30-21(2,3)4/h5-8,11,29H,9-10H2,1-4H3,(H,22,27)(H,24,26). The molecule has 0 bridgehead atoms. The molecular weight excluding hydrogens is 388 g/mol. The molecule has 9 heteroatoms. The smallest absolute Gasteiger partial charge is 0.419 e. The zero-order chi connectivity index (χ0) is 22.1. The average molecular weight is 412 g/mol. The Balaban J connectivity index is 2.07. The van der Waals surface area contributed by atoms with Crippen molar-refractivity contribution in [3.8, 4) is 0 Å². The molecule has 2 heterocycles. The van der Waals surface area contributed by atoms with Gasteiger partial charge in [-0.1, -0.05) is 18.2 Å². The summed E-state index contributed by atoms with van der Waals surface area (Å²) in [6, 6.07) is 8.97. The summed E-state index contributed by atoms with van der Waals surface area (Å²) in [7, 11) is 0. The maximum absolute atomic E-state index is 12.9. The number of nitrogens with one attached hydrogen (secondary N) is 2. The third kappa shape index (κ3) is 4.25. The number of pyridine rings is 1. The highest BCUT2D eigenvalue weighted by Gasteiger charge is 2.24. The van der Waals surface area contributed by atoms with Gasteiger partial charge in [0, 0.05) is 23.7 Å². The lowest BCUT2D eigenvalue weighted by molar-refractivity contribution is -0.129. The molecule has 0 saturated heterocycles. The number of fused-ring (bicyclic) bond motifs is 3. The number of amides is 2. The minimum atomic E-state index is -0.670. The van der Waals surface area contributed by atoms with E-state index in [1.807, 2.05) is 24.3 Å². The Kier molecular flexibility index (Phi) is 5.75. The zero-order valence-electron chi connectivity index (χ0n) is 17.3. The molecule has 0 aliphatic carbocycles. The van der Waals surface area contributed by atoms with Gasteiger partial charge in [0.15, 0.2) is 0 Å². The molecule has 158 valence electrons. The normalized spacial score (nSPS) is 11.5. The van der Waals surface area contributed by atoms with Crippen LogP contribution in [0.15, 0.2) is 30.3 Å². The third-order valence-electron chi connectivity index (χ3n) is 4.40. The van der Waals surface area contributed by atoms with Gasteiger partial charge in [0.05, 0.1) is 16.7 Å². The third-order valence-corrected chi connectivity index (χ3v) is 4.40. The molecule has 0 fully saturated rings. The Labute approximate surface area is 173 Å². The summed E-state index contributed by atoms with van der Waals surface area (Å²) in [6.07, 6.45) is -0.590. The van der Waals surface area contributed by atoms with Crippen molar-refractivity contribution in [1.29, 1.82) is 0 Å². The molecule has 0 aliphatic rings. The number of carbonyl (C=O) groups is 3. The zero-order valence-corrected chi connectivity index (χ0v) is 17.3. The molecule has 0 spiro atoms. The molecule has 0 aliphatic heterocycles. The van der Waals surface area contributed by atoms with Crippen molar-refractivity contribution in [3.63, 3.8) is 0 Å². The van der Waals surface area contributed by atoms with E-state index in [4.69, 9.17) is 9.94 Å². The Morgan fingerprint density at radius 3 is 2.53 bits per heavy atom. The molecule has 0 saturated carbocycles. The van der Waals surface area contributed by atoms with E-state index in [0.717, 1.165) is 5.39 Å². The lowest BCUT2D eigenvalue weighted by Crippen LogP contribution is -2.30. The first-order chi connectivity index (χ1) is 14.1. The summed E-state index contributed by atoms with van der Waals surface area (Å²) in [5.74, 6) is -1.06. The summed E-state index contributed by atoms with van der Waals surface area (Å²) >= 11 is 0. The number of hydroxylamine groups is 1. The van der Waals surface area contributed by atoms with Gasteiger partial charge in [-0.05, 0) is 39.8 Å². The summed E-state index contributed by atoms with van der Waals surface area (Å²) < 4.78 is 7.05. The van der Waals surface area contributed by atoms with E-state index < -0.39 is 23.5 Å². The van der Waals surface area contributed by atoms with Crippen molar-refractivity contribution in [2.75, 3.05) is 6.54 Å². The number of aryl methyl sites for hydroxylation is 1. The van der Waals surface area contributed by atoms with Crippen LogP contribution in [0.2, 0.25) is 0 Å². The number of rotatable bonds is 4. The number of hydrogen-bond donors (Lipinski definition) is 3. The molecular formula is C21H24N4O5. The lowest BCUT2D eigenvalue weighted by atomic mass is 10.1. The number of aromatic nitrogens is 2. The lowest BCUT2D eigenvalue weighted by Gasteiger charge is -2.20. The first-order valence-electron chi connectivity index (χ1n) is 9.47. The number of benzene rings is 1. The molecule has 2 aromatic heterocycles. The van der Waals surface area contributed by atoms with Gasteiger partial charge in [-0.25, -0.2) is 19.8 Å². The first kappa shape index (κ1) is 21.3. The van der Waals surface area contributed by atoms with Crippen LogP contribution in [0.25, 0.3) is 21.8 Å². The van der Waals surface area contributed by atoms with E-state index in [1.54, 1.807) is 33.8 Å². The number of nitrogens with zero attached hydrogens (tertiary/aromatic N) is 2. The highest BCUT2D eigenvalue weighted by molar-refractivity contribution is 6.14. The van der Waals surface area contributed by atoms with E-state index in [2.05, 4.69) is 10.3 Å². The molecule has 3 aromatic rings. The topological polar surface area (TPSA) is 123 Å².